The number of halogens is 1. The van der Waals surface area contributed by atoms with Gasteiger partial charge in [0.2, 0.25) is 11.8 Å². The number of imidazole rings is 2. The van der Waals surface area contributed by atoms with Gasteiger partial charge in [-0.25, -0.2) is 19.6 Å². The molecule has 59 heavy (non-hydrogen) atoms. The molecule has 15 heteroatoms. The fourth-order valence-corrected chi connectivity index (χ4v) is 8.99. The number of hydrogen-bond acceptors (Lipinski definition) is 8. The number of aromatic amines is 2. The summed E-state index contributed by atoms with van der Waals surface area (Å²) in [4.78, 5) is 72.2. The van der Waals surface area contributed by atoms with Gasteiger partial charge in [-0.2, -0.15) is 0 Å². The number of nitrogens with one attached hydrogen (secondary N) is 4. The standard InChI is InChI=1S/C44H51ClN8O6/c1-24(2)33(49-41(56)58-5)39(54)52-22-43(15-16-43)20-31(52)37-46-29-14-11-27(19-30(29)47-37)8-7-26-9-12-28(13-10-26)35-36(45)51-38(48-35)32-21-44(17-18-44)23-53(32)40(55)34(25(3)4)50-42(57)59-6/h9-14,19,24-25,31-34H,15-18,20-23H2,1-6H3,(H,46,47)(H,48,51)(H,49,56)(H,50,57)/t31-,32-,33-,34-/m0/s1. The second-order valence-corrected chi connectivity index (χ2v) is 17.9. The molecule has 4 N–H and O–H groups in total. The van der Waals surface area contributed by atoms with Gasteiger partial charge in [0.15, 0.2) is 5.15 Å². The van der Waals surface area contributed by atoms with Gasteiger partial charge in [0.1, 0.15) is 23.7 Å². The molecule has 2 aliphatic carbocycles. The zero-order valence-electron chi connectivity index (χ0n) is 34.3. The van der Waals surface area contributed by atoms with Gasteiger partial charge in [0.05, 0.1) is 43.0 Å². The molecule has 2 saturated carbocycles. The lowest BCUT2D eigenvalue weighted by Crippen LogP contribution is -2.51. The summed E-state index contributed by atoms with van der Waals surface area (Å²) in [5, 5.41) is 5.78. The summed E-state index contributed by atoms with van der Waals surface area (Å²) < 4.78 is 9.61. The Bertz CT molecular complexity index is 2350. The van der Waals surface area contributed by atoms with Crippen molar-refractivity contribution in [2.24, 2.45) is 22.7 Å². The second-order valence-electron chi connectivity index (χ2n) is 17.6. The van der Waals surface area contributed by atoms with Crippen LogP contribution in [-0.4, -0.2) is 93.1 Å². The maximum absolute atomic E-state index is 13.9. The number of hydrogen-bond donors (Lipinski definition) is 4. The third-order valence-corrected chi connectivity index (χ3v) is 12.9. The van der Waals surface area contributed by atoms with Gasteiger partial charge in [0, 0.05) is 29.8 Å². The molecule has 4 aliphatic rings. The molecule has 8 rings (SSSR count). The highest BCUT2D eigenvalue weighted by molar-refractivity contribution is 6.31. The summed E-state index contributed by atoms with van der Waals surface area (Å²) in [5.74, 6) is 7.35. The molecule has 0 unspecified atom stereocenters. The molecule has 0 radical (unpaired) electrons. The predicted octanol–water partition coefficient (Wildman–Crippen LogP) is 6.87. The Balaban J connectivity index is 0.973. The van der Waals surface area contributed by atoms with Crippen LogP contribution in [0.3, 0.4) is 0 Å². The third kappa shape index (κ3) is 8.09. The molecular weight excluding hydrogens is 772 g/mol. The predicted molar refractivity (Wildman–Crippen MR) is 221 cm³/mol. The molecule has 4 amide bonds. The number of methoxy groups -OCH3 is 2. The van der Waals surface area contributed by atoms with E-state index >= 15 is 0 Å². The first-order chi connectivity index (χ1) is 28.2. The topological polar surface area (TPSA) is 175 Å². The van der Waals surface area contributed by atoms with E-state index in [1.54, 1.807) is 0 Å². The van der Waals surface area contributed by atoms with Crippen LogP contribution in [0.4, 0.5) is 9.59 Å². The summed E-state index contributed by atoms with van der Waals surface area (Å²) in [6, 6.07) is 11.6. The van der Waals surface area contributed by atoms with E-state index in [-0.39, 0.29) is 46.6 Å². The lowest BCUT2D eigenvalue weighted by molar-refractivity contribution is -0.136. The molecule has 2 aromatic heterocycles. The van der Waals surface area contributed by atoms with Crippen molar-refractivity contribution in [2.75, 3.05) is 27.3 Å². The quantitative estimate of drug-likeness (QED) is 0.132. The normalized spacial score (nSPS) is 20.8. The van der Waals surface area contributed by atoms with Gasteiger partial charge >= 0.3 is 12.2 Å². The fraction of sp³-hybridized carbons (Fsp3) is 0.500. The third-order valence-electron chi connectivity index (χ3n) is 12.6. The van der Waals surface area contributed by atoms with E-state index in [9.17, 15) is 19.2 Å². The van der Waals surface area contributed by atoms with Gasteiger partial charge in [-0.05, 0) is 91.5 Å². The van der Waals surface area contributed by atoms with Crippen LogP contribution in [0.25, 0.3) is 22.3 Å². The molecular formula is C44H51ClN8O6. The Kier molecular flexibility index (Phi) is 10.6. The Hall–Kier alpha value is -5.55. The van der Waals surface area contributed by atoms with Crippen molar-refractivity contribution in [3.8, 4) is 23.1 Å². The number of carbonyl (C=O) groups excluding carboxylic acids is 4. The SMILES string of the molecule is COC(=O)N[C@H](C(=O)N1CC2(CC2)C[C@H]1c1nc(Cl)c(-c2ccc(C#Cc3ccc4nc([C@@H]5CC6(CC6)CN5C(=O)[C@@H](NC(=O)OC)C(C)C)[nH]c4c3)cc2)[nH]1)C(C)C. The van der Waals surface area contributed by atoms with Gasteiger partial charge in [-0.1, -0.05) is 63.3 Å². The number of amides is 4. The Labute approximate surface area is 348 Å². The largest absolute Gasteiger partial charge is 0.453 e. The molecule has 4 atom stereocenters. The van der Waals surface area contributed by atoms with Crippen LogP contribution in [-0.2, 0) is 19.1 Å². The van der Waals surface area contributed by atoms with Crippen LogP contribution in [0.5, 0.6) is 0 Å². The number of fused-ring (bicyclic) bond motifs is 1. The highest BCUT2D eigenvalue weighted by Gasteiger charge is 2.56. The van der Waals surface area contributed by atoms with E-state index in [0.29, 0.717) is 29.8 Å². The van der Waals surface area contributed by atoms with E-state index in [1.165, 1.54) is 14.2 Å². The highest BCUT2D eigenvalue weighted by Crippen LogP contribution is 2.59. The molecule has 4 fully saturated rings. The molecule has 2 spiro atoms. The minimum Gasteiger partial charge on any atom is -0.453 e. The van der Waals surface area contributed by atoms with E-state index in [0.717, 1.165) is 72.1 Å². The van der Waals surface area contributed by atoms with E-state index in [4.69, 9.17) is 31.0 Å². The molecule has 2 aliphatic heterocycles. The van der Waals surface area contributed by atoms with Gasteiger partial charge in [-0.15, -0.1) is 0 Å². The van der Waals surface area contributed by atoms with Gasteiger partial charge < -0.3 is 39.9 Å². The van der Waals surface area contributed by atoms with Crippen molar-refractivity contribution in [3.63, 3.8) is 0 Å². The van der Waals surface area contributed by atoms with Crippen LogP contribution in [0.15, 0.2) is 42.5 Å². The summed E-state index contributed by atoms with van der Waals surface area (Å²) in [6.07, 6.45) is 4.57. The molecule has 4 heterocycles. The maximum Gasteiger partial charge on any atom is 0.407 e. The number of aromatic nitrogens is 4. The summed E-state index contributed by atoms with van der Waals surface area (Å²) in [5.41, 5.74) is 4.91. The number of carbonyl (C=O) groups is 4. The smallest absolute Gasteiger partial charge is 0.407 e. The van der Waals surface area contributed by atoms with Crippen LogP contribution < -0.4 is 10.6 Å². The van der Waals surface area contributed by atoms with Crippen LogP contribution in [0.1, 0.15) is 101 Å². The van der Waals surface area contributed by atoms with Crippen molar-refractivity contribution in [1.82, 2.24) is 40.4 Å². The maximum atomic E-state index is 13.9. The van der Waals surface area contributed by atoms with Crippen molar-refractivity contribution >= 4 is 46.6 Å². The van der Waals surface area contributed by atoms with Gasteiger partial charge in [-0.3, -0.25) is 9.59 Å². The zero-order chi connectivity index (χ0) is 41.8. The first kappa shape index (κ1) is 40.2. The number of rotatable bonds is 9. The average Bonchev–Trinajstić information content (AvgIpc) is 3.90. The minimum atomic E-state index is -0.729. The van der Waals surface area contributed by atoms with Crippen molar-refractivity contribution < 1.29 is 28.7 Å². The number of benzene rings is 2. The minimum absolute atomic E-state index is 0.0666. The number of H-pyrrole nitrogens is 2. The number of likely N-dealkylation sites (tertiary alicyclic amines) is 2. The molecule has 4 aromatic rings. The van der Waals surface area contributed by atoms with Crippen molar-refractivity contribution in [1.29, 1.82) is 0 Å². The average molecular weight is 823 g/mol. The van der Waals surface area contributed by atoms with Crippen molar-refractivity contribution in [3.05, 3.63) is 70.4 Å². The second kappa shape index (κ2) is 15.6. The van der Waals surface area contributed by atoms with Crippen LogP contribution in [0.2, 0.25) is 5.15 Å². The molecule has 2 saturated heterocycles. The summed E-state index contributed by atoms with van der Waals surface area (Å²) in [7, 11) is 2.58. The van der Waals surface area contributed by atoms with Gasteiger partial charge in [0.25, 0.3) is 0 Å². The summed E-state index contributed by atoms with van der Waals surface area (Å²) in [6.45, 7) is 8.87. The summed E-state index contributed by atoms with van der Waals surface area (Å²) >= 11 is 6.74. The molecule has 2 aromatic carbocycles. The zero-order valence-corrected chi connectivity index (χ0v) is 35.0. The number of nitrogens with zero attached hydrogens (tertiary/aromatic N) is 4. The lowest BCUT2D eigenvalue weighted by atomic mass is 10.0. The monoisotopic (exact) mass is 822 g/mol. The Morgan fingerprint density at radius 2 is 1.24 bits per heavy atom. The number of alkyl carbamates (subject to hydrolysis) is 2. The van der Waals surface area contributed by atoms with Crippen molar-refractivity contribution in [2.45, 2.75) is 90.4 Å². The molecule has 310 valence electrons. The van der Waals surface area contributed by atoms with E-state index in [2.05, 4.69) is 32.4 Å². The highest BCUT2D eigenvalue weighted by atomic mass is 35.5. The Morgan fingerprint density at radius 1 is 0.746 bits per heavy atom. The molecule has 14 nitrogen and oxygen atoms in total. The molecule has 0 bridgehead atoms. The van der Waals surface area contributed by atoms with Crippen LogP contribution in [0, 0.1) is 34.5 Å². The fourth-order valence-electron chi connectivity index (χ4n) is 8.75. The Morgan fingerprint density at radius 3 is 1.73 bits per heavy atom. The number of ether oxygens (including phenoxy) is 2. The first-order valence-electron chi connectivity index (χ1n) is 20.4. The van der Waals surface area contributed by atoms with E-state index in [1.807, 2.05) is 80.0 Å². The lowest BCUT2D eigenvalue weighted by Gasteiger charge is -2.30. The van der Waals surface area contributed by atoms with E-state index < -0.39 is 24.3 Å². The van der Waals surface area contributed by atoms with Crippen LogP contribution >= 0.6 is 11.6 Å². The first-order valence-corrected chi connectivity index (χ1v) is 20.8.